The zero-order valence-corrected chi connectivity index (χ0v) is 12.7. The Morgan fingerprint density at radius 2 is 1.61 bits per heavy atom. The molecule has 10 heteroatoms. The monoisotopic (exact) mass is 362 g/mol. The van der Waals surface area contributed by atoms with Crippen molar-refractivity contribution in [2.75, 3.05) is 0 Å². The lowest BCUT2D eigenvalue weighted by molar-refractivity contribution is -0.116. The standard InChI is InChI=1S/C13H8F2O6S2/c14-9-3-1-7(5-11(9)22-21-17)13(16)8-2-4-10(15)12(6-8)23(18,19)20/h1-6,17H,(H,18,19,20). The number of halogens is 2. The van der Waals surface area contributed by atoms with Crippen LogP contribution < -0.4 is 0 Å². The highest BCUT2D eigenvalue weighted by atomic mass is 32.2. The number of hydrogen-bond donors (Lipinski definition) is 2. The number of hydrogen-bond acceptors (Lipinski definition) is 6. The predicted molar refractivity (Wildman–Crippen MR) is 75.6 cm³/mol. The smallest absolute Gasteiger partial charge is 0.289 e. The first-order valence-corrected chi connectivity index (χ1v) is 8.01. The Labute approximate surface area is 133 Å². The second-order valence-corrected chi connectivity index (χ2v) is 6.40. The predicted octanol–water partition coefficient (Wildman–Crippen LogP) is 2.94. The van der Waals surface area contributed by atoms with Crippen molar-refractivity contribution in [1.29, 1.82) is 0 Å². The fraction of sp³-hybridized carbons (Fsp3) is 0. The Bertz CT molecular complexity index is 867. The van der Waals surface area contributed by atoms with Crippen molar-refractivity contribution < 1.29 is 36.1 Å². The summed E-state index contributed by atoms with van der Waals surface area (Å²) in [5.41, 5.74) is -0.287. The number of carbonyl (C=O) groups is 1. The minimum atomic E-state index is -4.84. The van der Waals surface area contributed by atoms with E-state index in [0.717, 1.165) is 24.3 Å². The van der Waals surface area contributed by atoms with Crippen LogP contribution in [-0.2, 0) is 14.5 Å². The van der Waals surface area contributed by atoms with E-state index >= 15 is 0 Å². The summed E-state index contributed by atoms with van der Waals surface area (Å²) in [4.78, 5) is 11.0. The maximum Gasteiger partial charge on any atom is 0.297 e. The van der Waals surface area contributed by atoms with Crippen LogP contribution in [-0.4, -0.2) is 24.0 Å². The molecule has 0 aliphatic carbocycles. The highest BCUT2D eigenvalue weighted by Gasteiger charge is 2.20. The first-order valence-electron chi connectivity index (χ1n) is 5.83. The van der Waals surface area contributed by atoms with Gasteiger partial charge in [0.25, 0.3) is 10.1 Å². The van der Waals surface area contributed by atoms with Crippen LogP contribution >= 0.6 is 12.0 Å². The maximum absolute atomic E-state index is 13.4. The third kappa shape index (κ3) is 3.92. The zero-order chi connectivity index (χ0) is 17.2. The molecule has 122 valence electrons. The minimum absolute atomic E-state index is 0.0566. The second-order valence-electron chi connectivity index (χ2n) is 4.25. The van der Waals surface area contributed by atoms with Crippen molar-refractivity contribution in [3.63, 3.8) is 0 Å². The Balaban J connectivity index is 2.47. The average molecular weight is 362 g/mol. The topological polar surface area (TPSA) is 101 Å². The molecule has 2 aromatic carbocycles. The molecule has 0 spiro atoms. The van der Waals surface area contributed by atoms with Gasteiger partial charge in [0.2, 0.25) is 0 Å². The summed E-state index contributed by atoms with van der Waals surface area (Å²) in [5.74, 6) is -2.71. The molecule has 0 aromatic heterocycles. The van der Waals surface area contributed by atoms with E-state index in [1.807, 2.05) is 0 Å². The molecule has 0 amide bonds. The summed E-state index contributed by atoms with van der Waals surface area (Å²) in [7, 11) is -4.84. The van der Waals surface area contributed by atoms with E-state index in [1.54, 1.807) is 0 Å². The molecule has 0 fully saturated rings. The largest absolute Gasteiger partial charge is 0.297 e. The van der Waals surface area contributed by atoms with E-state index in [4.69, 9.17) is 9.81 Å². The van der Waals surface area contributed by atoms with E-state index in [1.165, 1.54) is 0 Å². The Hall–Kier alpha value is -1.85. The lowest BCUT2D eigenvalue weighted by Crippen LogP contribution is -2.07. The Kier molecular flexibility index (Phi) is 5.12. The zero-order valence-electron chi connectivity index (χ0n) is 11.1. The van der Waals surface area contributed by atoms with Crippen LogP contribution in [0.5, 0.6) is 0 Å². The summed E-state index contributed by atoms with van der Waals surface area (Å²) in [6, 6.07) is 5.54. The number of benzene rings is 2. The van der Waals surface area contributed by atoms with Crippen LogP contribution in [0.1, 0.15) is 15.9 Å². The molecule has 0 saturated heterocycles. The van der Waals surface area contributed by atoms with Crippen LogP contribution in [0.3, 0.4) is 0 Å². The van der Waals surface area contributed by atoms with Gasteiger partial charge in [0.1, 0.15) is 16.5 Å². The summed E-state index contributed by atoms with van der Waals surface area (Å²) in [6.45, 7) is 0. The van der Waals surface area contributed by atoms with Gasteiger partial charge in [-0.15, -0.1) is 0 Å². The van der Waals surface area contributed by atoms with Gasteiger partial charge >= 0.3 is 0 Å². The molecule has 2 aromatic rings. The van der Waals surface area contributed by atoms with Gasteiger partial charge in [0, 0.05) is 11.1 Å². The first-order chi connectivity index (χ1) is 10.7. The van der Waals surface area contributed by atoms with Gasteiger partial charge < -0.3 is 0 Å². The molecule has 2 N–H and O–H groups in total. The molecule has 0 saturated carbocycles. The third-order valence-corrected chi connectivity index (χ3v) is 4.23. The van der Waals surface area contributed by atoms with E-state index < -0.39 is 32.4 Å². The van der Waals surface area contributed by atoms with Crippen molar-refractivity contribution in [2.24, 2.45) is 0 Å². The first kappa shape index (κ1) is 17.5. The normalized spacial score (nSPS) is 11.5. The summed E-state index contributed by atoms with van der Waals surface area (Å²) in [5, 5.41) is 8.32. The average Bonchev–Trinajstić information content (AvgIpc) is 2.48. The highest BCUT2D eigenvalue weighted by Crippen LogP contribution is 2.25. The summed E-state index contributed by atoms with van der Waals surface area (Å²) < 4.78 is 61.6. The van der Waals surface area contributed by atoms with Gasteiger partial charge in [-0.3, -0.25) is 9.35 Å². The van der Waals surface area contributed by atoms with Crippen LogP contribution in [0.4, 0.5) is 8.78 Å². The van der Waals surface area contributed by atoms with Crippen molar-refractivity contribution in [3.8, 4) is 0 Å². The third-order valence-electron chi connectivity index (χ3n) is 2.79. The molecule has 2 rings (SSSR count). The van der Waals surface area contributed by atoms with Gasteiger partial charge in [-0.1, -0.05) is 0 Å². The van der Waals surface area contributed by atoms with E-state index in [-0.39, 0.29) is 28.1 Å². The van der Waals surface area contributed by atoms with Crippen molar-refractivity contribution in [3.05, 3.63) is 59.2 Å². The highest BCUT2D eigenvalue weighted by molar-refractivity contribution is 7.94. The van der Waals surface area contributed by atoms with Crippen molar-refractivity contribution >= 4 is 27.9 Å². The van der Waals surface area contributed by atoms with Crippen LogP contribution in [0, 0.1) is 11.6 Å². The molecule has 0 radical (unpaired) electrons. The molecule has 0 atom stereocenters. The molecule has 0 unspecified atom stereocenters. The molecule has 0 aliphatic heterocycles. The summed E-state index contributed by atoms with van der Waals surface area (Å²) >= 11 is 0.271. The second kappa shape index (κ2) is 6.72. The fourth-order valence-electron chi connectivity index (χ4n) is 1.76. The quantitative estimate of drug-likeness (QED) is 0.277. The lowest BCUT2D eigenvalue weighted by atomic mass is 10.0. The number of carbonyl (C=O) groups excluding carboxylic acids is 1. The molecule has 6 nitrogen and oxygen atoms in total. The van der Waals surface area contributed by atoms with E-state index in [2.05, 4.69) is 4.33 Å². The molecule has 0 aliphatic rings. The van der Waals surface area contributed by atoms with Crippen LogP contribution in [0.2, 0.25) is 0 Å². The lowest BCUT2D eigenvalue weighted by Gasteiger charge is -2.06. The molecule has 0 bridgehead atoms. The van der Waals surface area contributed by atoms with Crippen LogP contribution in [0.25, 0.3) is 0 Å². The van der Waals surface area contributed by atoms with Gasteiger partial charge in [0.15, 0.2) is 5.78 Å². The number of ketones is 1. The van der Waals surface area contributed by atoms with Gasteiger partial charge in [-0.05, 0) is 36.4 Å². The molecule has 0 heterocycles. The van der Waals surface area contributed by atoms with Crippen molar-refractivity contribution in [1.82, 2.24) is 0 Å². The van der Waals surface area contributed by atoms with E-state index in [9.17, 15) is 22.0 Å². The number of rotatable bonds is 5. The van der Waals surface area contributed by atoms with Gasteiger partial charge in [0.05, 0.1) is 16.9 Å². The Morgan fingerprint density at radius 1 is 1.04 bits per heavy atom. The SMILES string of the molecule is O=C(c1ccc(F)c(SOO)c1)c1ccc(F)c(S(=O)(=O)O)c1. The summed E-state index contributed by atoms with van der Waals surface area (Å²) in [6.07, 6.45) is 0. The Morgan fingerprint density at radius 3 is 2.17 bits per heavy atom. The maximum atomic E-state index is 13.4. The molecular weight excluding hydrogens is 354 g/mol. The van der Waals surface area contributed by atoms with Crippen LogP contribution in [0.15, 0.2) is 46.2 Å². The minimum Gasteiger partial charge on any atom is -0.289 e. The molecule has 23 heavy (non-hydrogen) atoms. The van der Waals surface area contributed by atoms with E-state index in [0.29, 0.717) is 12.1 Å². The van der Waals surface area contributed by atoms with Gasteiger partial charge in [-0.2, -0.15) is 12.8 Å². The molecular formula is C13H8F2O6S2. The fourth-order valence-corrected chi connectivity index (χ4v) is 2.75. The van der Waals surface area contributed by atoms with Crippen molar-refractivity contribution in [2.45, 2.75) is 9.79 Å². The van der Waals surface area contributed by atoms with Gasteiger partial charge in [-0.25, -0.2) is 14.0 Å².